The number of nitrogens with zero attached hydrogens (tertiary/aromatic N) is 3. The maximum atomic E-state index is 13.2. The highest BCUT2D eigenvalue weighted by Crippen LogP contribution is 2.39. The van der Waals surface area contributed by atoms with Crippen LogP contribution in [0, 0.1) is 5.82 Å². The first-order valence-electron chi connectivity index (χ1n) is 9.61. The standard InChI is InChI=1S/C22H18ClFN4O2S2/c1-13(2)21-27-19(20(31-21)18-10-11-25-22(23)26-18)14-4-3-5-16(12-14)28-32(29,30)17-8-6-15(24)7-9-17/h3-13,28H,1-2H3. The zero-order valence-corrected chi connectivity index (χ0v) is 19.5. The molecule has 6 nitrogen and oxygen atoms in total. The van der Waals surface area contributed by atoms with Crippen molar-refractivity contribution in [3.05, 3.63) is 76.9 Å². The summed E-state index contributed by atoms with van der Waals surface area (Å²) >= 11 is 7.50. The van der Waals surface area contributed by atoms with Crippen LogP contribution in [0.3, 0.4) is 0 Å². The van der Waals surface area contributed by atoms with Crippen LogP contribution in [0.5, 0.6) is 0 Å². The molecule has 0 unspecified atom stereocenters. The Balaban J connectivity index is 1.74. The van der Waals surface area contributed by atoms with E-state index in [4.69, 9.17) is 16.6 Å². The van der Waals surface area contributed by atoms with Crippen LogP contribution in [0.15, 0.2) is 65.7 Å². The molecule has 0 radical (unpaired) electrons. The minimum absolute atomic E-state index is 0.0311. The molecule has 32 heavy (non-hydrogen) atoms. The van der Waals surface area contributed by atoms with Gasteiger partial charge in [-0.05, 0) is 54.1 Å². The van der Waals surface area contributed by atoms with E-state index in [-0.39, 0.29) is 16.1 Å². The second-order valence-electron chi connectivity index (χ2n) is 7.24. The molecule has 0 aliphatic carbocycles. The second kappa shape index (κ2) is 8.93. The highest BCUT2D eigenvalue weighted by molar-refractivity contribution is 7.92. The lowest BCUT2D eigenvalue weighted by Crippen LogP contribution is -2.12. The van der Waals surface area contributed by atoms with E-state index >= 15 is 0 Å². The van der Waals surface area contributed by atoms with E-state index in [9.17, 15) is 12.8 Å². The minimum atomic E-state index is -3.88. The molecule has 164 valence electrons. The Kier molecular flexibility index (Phi) is 6.23. The van der Waals surface area contributed by atoms with E-state index in [1.165, 1.54) is 23.5 Å². The van der Waals surface area contributed by atoms with Crippen molar-refractivity contribution < 1.29 is 12.8 Å². The Hall–Kier alpha value is -2.88. The Bertz CT molecular complexity index is 1370. The molecule has 0 aliphatic heterocycles. The van der Waals surface area contributed by atoms with Crippen LogP contribution in [-0.4, -0.2) is 23.4 Å². The average Bonchev–Trinajstić information content (AvgIpc) is 3.20. The van der Waals surface area contributed by atoms with E-state index in [2.05, 4.69) is 14.7 Å². The van der Waals surface area contributed by atoms with Gasteiger partial charge in [0.25, 0.3) is 10.0 Å². The molecule has 10 heteroatoms. The summed E-state index contributed by atoms with van der Waals surface area (Å²) in [5.41, 5.74) is 2.40. The number of halogens is 2. The van der Waals surface area contributed by atoms with E-state index in [1.54, 1.807) is 30.5 Å². The first-order chi connectivity index (χ1) is 15.2. The number of rotatable bonds is 6. The van der Waals surface area contributed by atoms with E-state index in [1.807, 2.05) is 19.9 Å². The van der Waals surface area contributed by atoms with Crippen molar-refractivity contribution in [1.82, 2.24) is 15.0 Å². The summed E-state index contributed by atoms with van der Waals surface area (Å²) in [5.74, 6) is -0.308. The van der Waals surface area contributed by atoms with Gasteiger partial charge in [0, 0.05) is 23.4 Å². The van der Waals surface area contributed by atoms with Gasteiger partial charge in [-0.25, -0.2) is 27.8 Å². The van der Waals surface area contributed by atoms with Gasteiger partial charge in [0.15, 0.2) is 0 Å². The van der Waals surface area contributed by atoms with Crippen molar-refractivity contribution >= 4 is 38.6 Å². The summed E-state index contributed by atoms with van der Waals surface area (Å²) in [7, 11) is -3.88. The topological polar surface area (TPSA) is 84.8 Å². The van der Waals surface area contributed by atoms with Gasteiger partial charge in [0.1, 0.15) is 5.82 Å². The van der Waals surface area contributed by atoms with Crippen LogP contribution in [0.25, 0.3) is 21.8 Å². The van der Waals surface area contributed by atoms with Crippen LogP contribution in [-0.2, 0) is 10.0 Å². The van der Waals surface area contributed by atoms with Crippen molar-refractivity contribution in [2.75, 3.05) is 4.72 Å². The van der Waals surface area contributed by atoms with Crippen LogP contribution in [0.1, 0.15) is 24.8 Å². The summed E-state index contributed by atoms with van der Waals surface area (Å²) in [4.78, 5) is 13.8. The molecule has 1 N–H and O–H groups in total. The largest absolute Gasteiger partial charge is 0.280 e. The zero-order valence-electron chi connectivity index (χ0n) is 17.1. The van der Waals surface area contributed by atoms with Gasteiger partial charge in [-0.2, -0.15) is 0 Å². The minimum Gasteiger partial charge on any atom is -0.280 e. The number of aromatic nitrogens is 3. The molecule has 0 saturated heterocycles. The van der Waals surface area contributed by atoms with E-state index < -0.39 is 15.8 Å². The average molecular weight is 489 g/mol. The predicted molar refractivity (Wildman–Crippen MR) is 125 cm³/mol. The molecule has 0 bridgehead atoms. The Labute approximate surface area is 194 Å². The number of hydrogen-bond donors (Lipinski definition) is 1. The monoisotopic (exact) mass is 488 g/mol. The van der Waals surface area contributed by atoms with Gasteiger partial charge in [-0.15, -0.1) is 11.3 Å². The fourth-order valence-corrected chi connectivity index (χ4v) is 5.23. The van der Waals surface area contributed by atoms with Gasteiger partial charge in [-0.1, -0.05) is 26.0 Å². The number of hydrogen-bond acceptors (Lipinski definition) is 6. The van der Waals surface area contributed by atoms with Gasteiger partial charge in [-0.3, -0.25) is 4.72 Å². The Morgan fingerprint density at radius 3 is 2.50 bits per heavy atom. The lowest BCUT2D eigenvalue weighted by molar-refractivity contribution is 0.599. The van der Waals surface area contributed by atoms with Gasteiger partial charge in [0.2, 0.25) is 5.28 Å². The summed E-state index contributed by atoms with van der Waals surface area (Å²) in [5, 5.41) is 1.05. The molecule has 0 fully saturated rings. The molecular weight excluding hydrogens is 471 g/mol. The van der Waals surface area contributed by atoms with Crippen LogP contribution < -0.4 is 4.72 Å². The van der Waals surface area contributed by atoms with Crippen molar-refractivity contribution in [2.45, 2.75) is 24.7 Å². The second-order valence-corrected chi connectivity index (χ2v) is 10.3. The Morgan fingerprint density at radius 1 is 1.06 bits per heavy atom. The molecule has 0 atom stereocenters. The third kappa shape index (κ3) is 4.79. The van der Waals surface area contributed by atoms with Crippen molar-refractivity contribution in [3.8, 4) is 21.8 Å². The van der Waals surface area contributed by atoms with Crippen LogP contribution in [0.2, 0.25) is 5.28 Å². The predicted octanol–water partition coefficient (Wildman–Crippen LogP) is 5.98. The summed E-state index contributed by atoms with van der Waals surface area (Å²) < 4.78 is 41.1. The molecule has 0 aliphatic rings. The SMILES string of the molecule is CC(C)c1nc(-c2cccc(NS(=O)(=O)c3ccc(F)cc3)c2)c(-c2ccnc(Cl)n2)s1. The summed E-state index contributed by atoms with van der Waals surface area (Å²) in [6.07, 6.45) is 1.58. The van der Waals surface area contributed by atoms with E-state index in [0.29, 0.717) is 17.1 Å². The number of thiazole rings is 1. The van der Waals surface area contributed by atoms with Crippen LogP contribution in [0.4, 0.5) is 10.1 Å². The highest BCUT2D eigenvalue weighted by Gasteiger charge is 2.20. The van der Waals surface area contributed by atoms with Crippen molar-refractivity contribution in [1.29, 1.82) is 0 Å². The third-order valence-electron chi connectivity index (χ3n) is 4.51. The maximum absolute atomic E-state index is 13.2. The summed E-state index contributed by atoms with van der Waals surface area (Å²) in [6.45, 7) is 4.10. The van der Waals surface area contributed by atoms with Gasteiger partial charge >= 0.3 is 0 Å². The number of anilines is 1. The molecule has 0 amide bonds. The smallest absolute Gasteiger partial charge is 0.261 e. The van der Waals surface area contributed by atoms with Gasteiger partial charge < -0.3 is 0 Å². The molecule has 2 aromatic heterocycles. The Morgan fingerprint density at radius 2 is 1.81 bits per heavy atom. The molecule has 0 saturated carbocycles. The molecular formula is C22H18ClFN4O2S2. The molecule has 0 spiro atoms. The van der Waals surface area contributed by atoms with Crippen molar-refractivity contribution in [2.24, 2.45) is 0 Å². The third-order valence-corrected chi connectivity index (χ3v) is 7.47. The fourth-order valence-electron chi connectivity index (χ4n) is 2.97. The molecule has 4 aromatic rings. The summed E-state index contributed by atoms with van der Waals surface area (Å²) in [6, 6.07) is 13.3. The highest BCUT2D eigenvalue weighted by atomic mass is 35.5. The molecule has 2 heterocycles. The lowest BCUT2D eigenvalue weighted by Gasteiger charge is -2.10. The molecule has 2 aromatic carbocycles. The number of sulfonamides is 1. The number of nitrogens with one attached hydrogen (secondary N) is 1. The first-order valence-corrected chi connectivity index (χ1v) is 12.3. The quantitative estimate of drug-likeness (QED) is 0.337. The first kappa shape index (κ1) is 22.3. The lowest BCUT2D eigenvalue weighted by atomic mass is 10.1. The van der Waals surface area contributed by atoms with Crippen molar-refractivity contribution in [3.63, 3.8) is 0 Å². The maximum Gasteiger partial charge on any atom is 0.261 e. The van der Waals surface area contributed by atoms with Gasteiger partial charge in [0.05, 0.1) is 26.2 Å². The fraction of sp³-hybridized carbons (Fsp3) is 0.136. The van der Waals surface area contributed by atoms with Crippen LogP contribution >= 0.6 is 22.9 Å². The molecule has 4 rings (SSSR count). The zero-order chi connectivity index (χ0) is 22.9. The normalized spacial score (nSPS) is 11.7. The number of benzene rings is 2. The van der Waals surface area contributed by atoms with E-state index in [0.717, 1.165) is 27.6 Å².